The zero-order valence-electron chi connectivity index (χ0n) is 11.9. The molecule has 3 rings (SSSR count). The molecular weight excluding hydrogens is 279 g/mol. The van der Waals surface area contributed by atoms with Crippen molar-refractivity contribution < 1.29 is 14.2 Å². The molecule has 0 aliphatic carbocycles. The average molecular weight is 294 g/mol. The summed E-state index contributed by atoms with van der Waals surface area (Å²) < 4.78 is 19.4. The van der Waals surface area contributed by atoms with Crippen molar-refractivity contribution in [2.45, 2.75) is 6.61 Å². The second-order valence-electron chi connectivity index (χ2n) is 4.89. The quantitative estimate of drug-likeness (QED) is 0.750. The number of halogens is 1. The number of rotatable bonds is 4. The Hall–Kier alpha value is -2.81. The number of benzene rings is 3. The van der Waals surface area contributed by atoms with E-state index in [1.54, 1.807) is 30.3 Å². The highest BCUT2D eigenvalue weighted by Gasteiger charge is 2.10. The number of para-hydroxylation sites is 2. The highest BCUT2D eigenvalue weighted by molar-refractivity contribution is 5.75. The number of phenols is 1. The molecule has 0 amide bonds. The molecule has 0 bridgehead atoms. The van der Waals surface area contributed by atoms with Gasteiger partial charge in [-0.1, -0.05) is 54.6 Å². The minimum Gasteiger partial charge on any atom is -0.507 e. The first-order valence-electron chi connectivity index (χ1n) is 6.99. The van der Waals surface area contributed by atoms with Crippen LogP contribution in [0.15, 0.2) is 72.8 Å². The summed E-state index contributed by atoms with van der Waals surface area (Å²) in [5.41, 5.74) is 1.96. The fourth-order valence-electron chi connectivity index (χ4n) is 2.29. The molecule has 0 saturated heterocycles. The second-order valence-corrected chi connectivity index (χ2v) is 4.89. The molecule has 3 aromatic rings. The highest BCUT2D eigenvalue weighted by Crippen LogP contribution is 2.35. The number of phenolic OH excluding ortho intramolecular Hbond substituents is 1. The molecular formula is C19H15FO2. The third-order valence-corrected chi connectivity index (χ3v) is 3.42. The van der Waals surface area contributed by atoms with E-state index < -0.39 is 0 Å². The predicted octanol–water partition coefficient (Wildman–Crippen LogP) is 4.78. The van der Waals surface area contributed by atoms with Gasteiger partial charge >= 0.3 is 0 Å². The van der Waals surface area contributed by atoms with Gasteiger partial charge in [0.05, 0.1) is 0 Å². The van der Waals surface area contributed by atoms with E-state index in [0.717, 1.165) is 5.56 Å². The fraction of sp³-hybridized carbons (Fsp3) is 0.0526. The lowest BCUT2D eigenvalue weighted by Gasteiger charge is -2.13. The van der Waals surface area contributed by atoms with Crippen LogP contribution in [0.2, 0.25) is 0 Å². The van der Waals surface area contributed by atoms with Crippen molar-refractivity contribution in [2.75, 3.05) is 0 Å². The summed E-state index contributed by atoms with van der Waals surface area (Å²) in [7, 11) is 0. The second kappa shape index (κ2) is 6.31. The van der Waals surface area contributed by atoms with E-state index in [9.17, 15) is 9.50 Å². The largest absolute Gasteiger partial charge is 0.507 e. The van der Waals surface area contributed by atoms with Crippen LogP contribution in [0.25, 0.3) is 11.1 Å². The lowest BCUT2D eigenvalue weighted by molar-refractivity contribution is 0.301. The van der Waals surface area contributed by atoms with Crippen molar-refractivity contribution >= 4 is 0 Å². The van der Waals surface area contributed by atoms with Gasteiger partial charge in [-0.3, -0.25) is 0 Å². The van der Waals surface area contributed by atoms with E-state index in [1.807, 2.05) is 36.4 Å². The van der Waals surface area contributed by atoms with Gasteiger partial charge in [-0.15, -0.1) is 0 Å². The molecule has 2 nitrogen and oxygen atoms in total. The van der Waals surface area contributed by atoms with Gasteiger partial charge in [0.15, 0.2) is 0 Å². The number of ether oxygens (including phenoxy) is 1. The molecule has 0 aromatic heterocycles. The maximum atomic E-state index is 13.7. The molecule has 3 heteroatoms. The fourth-order valence-corrected chi connectivity index (χ4v) is 2.29. The Morgan fingerprint density at radius 2 is 1.41 bits per heavy atom. The Kier molecular flexibility index (Phi) is 4.05. The summed E-state index contributed by atoms with van der Waals surface area (Å²) in [6.07, 6.45) is 0. The minimum atomic E-state index is -0.289. The first-order chi connectivity index (χ1) is 10.8. The van der Waals surface area contributed by atoms with Crippen molar-refractivity contribution in [1.82, 2.24) is 0 Å². The number of aromatic hydroxyl groups is 1. The van der Waals surface area contributed by atoms with Gasteiger partial charge in [-0.25, -0.2) is 4.39 Å². The van der Waals surface area contributed by atoms with E-state index in [-0.39, 0.29) is 18.2 Å². The molecule has 0 aliphatic heterocycles. The van der Waals surface area contributed by atoms with Gasteiger partial charge in [-0.05, 0) is 18.2 Å². The molecule has 0 fully saturated rings. The molecule has 0 radical (unpaired) electrons. The first kappa shape index (κ1) is 14.1. The van der Waals surface area contributed by atoms with E-state index >= 15 is 0 Å². The van der Waals surface area contributed by atoms with Gasteiger partial charge < -0.3 is 9.84 Å². The van der Waals surface area contributed by atoms with Crippen LogP contribution in [-0.2, 0) is 6.61 Å². The van der Waals surface area contributed by atoms with E-state index in [0.29, 0.717) is 16.9 Å². The SMILES string of the molecule is Oc1ccccc1-c1ccccc1OCc1ccccc1F. The normalized spacial score (nSPS) is 10.4. The molecule has 0 spiro atoms. The minimum absolute atomic E-state index is 0.136. The van der Waals surface area contributed by atoms with Gasteiger partial charge in [0, 0.05) is 16.7 Å². The highest BCUT2D eigenvalue weighted by atomic mass is 19.1. The maximum Gasteiger partial charge on any atom is 0.129 e. The summed E-state index contributed by atoms with van der Waals surface area (Å²) in [6, 6.07) is 21.0. The van der Waals surface area contributed by atoms with Gasteiger partial charge in [-0.2, -0.15) is 0 Å². The molecule has 3 aromatic carbocycles. The van der Waals surface area contributed by atoms with Crippen LogP contribution in [0.3, 0.4) is 0 Å². The Balaban J connectivity index is 1.89. The van der Waals surface area contributed by atoms with Crippen LogP contribution in [-0.4, -0.2) is 5.11 Å². The molecule has 110 valence electrons. The number of hydrogen-bond donors (Lipinski definition) is 1. The summed E-state index contributed by atoms with van der Waals surface area (Å²) in [5.74, 6) is 0.499. The third-order valence-electron chi connectivity index (χ3n) is 3.42. The molecule has 0 atom stereocenters. The van der Waals surface area contributed by atoms with Crippen molar-refractivity contribution in [3.8, 4) is 22.6 Å². The first-order valence-corrected chi connectivity index (χ1v) is 6.99. The smallest absolute Gasteiger partial charge is 0.129 e. The van der Waals surface area contributed by atoms with Crippen molar-refractivity contribution in [3.05, 3.63) is 84.2 Å². The standard InChI is InChI=1S/C19H15FO2/c20-17-10-4-1-7-14(17)13-22-19-12-6-3-9-16(19)15-8-2-5-11-18(15)21/h1-12,21H,13H2. The van der Waals surface area contributed by atoms with Crippen molar-refractivity contribution in [1.29, 1.82) is 0 Å². The topological polar surface area (TPSA) is 29.5 Å². The van der Waals surface area contributed by atoms with E-state index in [1.165, 1.54) is 6.07 Å². The Labute approximate surface area is 128 Å². The van der Waals surface area contributed by atoms with Crippen LogP contribution in [0.4, 0.5) is 4.39 Å². The van der Waals surface area contributed by atoms with E-state index in [2.05, 4.69) is 0 Å². The predicted molar refractivity (Wildman–Crippen MR) is 84.3 cm³/mol. The summed E-state index contributed by atoms with van der Waals surface area (Å²) in [5, 5.41) is 10.0. The number of hydrogen-bond acceptors (Lipinski definition) is 2. The van der Waals surface area contributed by atoms with Crippen molar-refractivity contribution in [2.24, 2.45) is 0 Å². The Bertz CT molecular complexity index is 784. The maximum absolute atomic E-state index is 13.7. The summed E-state index contributed by atoms with van der Waals surface area (Å²) in [4.78, 5) is 0. The lowest BCUT2D eigenvalue weighted by atomic mass is 10.0. The molecule has 0 saturated carbocycles. The molecule has 22 heavy (non-hydrogen) atoms. The van der Waals surface area contributed by atoms with E-state index in [4.69, 9.17) is 4.74 Å². The van der Waals surface area contributed by atoms with Gasteiger partial charge in [0.2, 0.25) is 0 Å². The summed E-state index contributed by atoms with van der Waals surface area (Å²) in [6.45, 7) is 0.136. The van der Waals surface area contributed by atoms with Gasteiger partial charge in [0.25, 0.3) is 0 Å². The molecule has 1 N–H and O–H groups in total. The van der Waals surface area contributed by atoms with Crippen LogP contribution in [0, 0.1) is 5.82 Å². The molecule has 0 unspecified atom stereocenters. The zero-order chi connectivity index (χ0) is 15.4. The molecule has 0 heterocycles. The van der Waals surface area contributed by atoms with Crippen molar-refractivity contribution in [3.63, 3.8) is 0 Å². The Morgan fingerprint density at radius 1 is 0.773 bits per heavy atom. The lowest BCUT2D eigenvalue weighted by Crippen LogP contribution is -1.99. The van der Waals surface area contributed by atoms with Crippen LogP contribution in [0.1, 0.15) is 5.56 Å². The van der Waals surface area contributed by atoms with Crippen LogP contribution >= 0.6 is 0 Å². The monoisotopic (exact) mass is 294 g/mol. The Morgan fingerprint density at radius 3 is 2.18 bits per heavy atom. The van der Waals surface area contributed by atoms with Crippen LogP contribution < -0.4 is 4.74 Å². The molecule has 0 aliphatic rings. The third kappa shape index (κ3) is 2.93. The zero-order valence-corrected chi connectivity index (χ0v) is 11.9. The average Bonchev–Trinajstić information content (AvgIpc) is 2.55. The van der Waals surface area contributed by atoms with Gasteiger partial charge in [0.1, 0.15) is 23.9 Å². The van der Waals surface area contributed by atoms with Crippen LogP contribution in [0.5, 0.6) is 11.5 Å². The summed E-state index contributed by atoms with van der Waals surface area (Å²) >= 11 is 0.